The Morgan fingerprint density at radius 3 is 2.80 bits per heavy atom. The van der Waals surface area contributed by atoms with Gasteiger partial charge >= 0.3 is 0 Å². The summed E-state index contributed by atoms with van der Waals surface area (Å²) in [7, 11) is 1.58. The number of benzene rings is 1. The first kappa shape index (κ1) is 15.4. The molecule has 0 aliphatic carbocycles. The minimum Gasteiger partial charge on any atom is -0.481 e. The van der Waals surface area contributed by atoms with Gasteiger partial charge in [0.2, 0.25) is 11.8 Å². The molecule has 1 aliphatic rings. The number of nitrogens with one attached hydrogen (secondary N) is 1. The lowest BCUT2D eigenvalue weighted by molar-refractivity contribution is 0.0746. The first-order valence-corrected chi connectivity index (χ1v) is 8.09. The van der Waals surface area contributed by atoms with Crippen molar-refractivity contribution in [3.05, 3.63) is 42.4 Å². The predicted molar refractivity (Wildman–Crippen MR) is 92.8 cm³/mol. The number of rotatable bonds is 3. The number of carbonyl (C=O) groups excluding carboxylic acids is 1. The molecule has 2 aromatic heterocycles. The number of aromatic nitrogens is 4. The van der Waals surface area contributed by atoms with Gasteiger partial charge in [0, 0.05) is 44.0 Å². The Balaban J connectivity index is 1.44. The molecule has 3 aromatic rings. The summed E-state index contributed by atoms with van der Waals surface area (Å²) in [5.74, 6) is 1.20. The molecular formula is C17H18N6O2. The Kier molecular flexibility index (Phi) is 3.93. The van der Waals surface area contributed by atoms with Crippen LogP contribution in [0.1, 0.15) is 10.4 Å². The van der Waals surface area contributed by atoms with Crippen LogP contribution in [-0.2, 0) is 0 Å². The molecule has 1 saturated heterocycles. The molecule has 8 nitrogen and oxygen atoms in total. The van der Waals surface area contributed by atoms with Gasteiger partial charge in [-0.2, -0.15) is 4.98 Å². The van der Waals surface area contributed by atoms with Crippen molar-refractivity contribution in [2.45, 2.75) is 0 Å². The monoisotopic (exact) mass is 338 g/mol. The number of piperazine rings is 1. The second-order valence-corrected chi connectivity index (χ2v) is 5.81. The molecule has 0 unspecified atom stereocenters. The average molecular weight is 338 g/mol. The number of amides is 1. The lowest BCUT2D eigenvalue weighted by Crippen LogP contribution is -2.49. The van der Waals surface area contributed by atoms with E-state index in [0.717, 1.165) is 11.0 Å². The minimum absolute atomic E-state index is 0.0303. The normalized spacial score (nSPS) is 14.8. The fraction of sp³-hybridized carbons (Fsp3) is 0.294. The summed E-state index contributed by atoms with van der Waals surface area (Å²) in [6.45, 7) is 2.62. The van der Waals surface area contributed by atoms with Gasteiger partial charge in [0.15, 0.2) is 0 Å². The first-order chi connectivity index (χ1) is 12.2. The molecule has 1 amide bonds. The van der Waals surface area contributed by atoms with Gasteiger partial charge in [-0.15, -0.1) is 0 Å². The smallest absolute Gasteiger partial charge is 0.254 e. The van der Waals surface area contributed by atoms with Crippen LogP contribution in [0, 0.1) is 0 Å². The zero-order chi connectivity index (χ0) is 17.2. The largest absolute Gasteiger partial charge is 0.481 e. The van der Waals surface area contributed by atoms with Crippen LogP contribution >= 0.6 is 0 Å². The molecule has 1 N–H and O–H groups in total. The van der Waals surface area contributed by atoms with E-state index in [1.54, 1.807) is 25.7 Å². The number of nitrogens with zero attached hydrogens (tertiary/aromatic N) is 5. The third-order valence-electron chi connectivity index (χ3n) is 4.34. The average Bonchev–Trinajstić information content (AvgIpc) is 3.15. The predicted octanol–water partition coefficient (Wildman–Crippen LogP) is 1.32. The van der Waals surface area contributed by atoms with Gasteiger partial charge < -0.3 is 19.5 Å². The Morgan fingerprint density at radius 2 is 2.00 bits per heavy atom. The Bertz CT molecular complexity index is 901. The zero-order valence-corrected chi connectivity index (χ0v) is 13.8. The fourth-order valence-electron chi connectivity index (χ4n) is 2.96. The minimum atomic E-state index is 0.0303. The number of hydrogen-bond acceptors (Lipinski definition) is 6. The van der Waals surface area contributed by atoms with E-state index in [1.165, 1.54) is 0 Å². The quantitative estimate of drug-likeness (QED) is 0.775. The van der Waals surface area contributed by atoms with Crippen LogP contribution in [0.4, 0.5) is 5.95 Å². The highest BCUT2D eigenvalue weighted by Gasteiger charge is 2.24. The van der Waals surface area contributed by atoms with Crippen LogP contribution in [0.3, 0.4) is 0 Å². The van der Waals surface area contributed by atoms with Crippen LogP contribution in [0.5, 0.6) is 5.88 Å². The highest BCUT2D eigenvalue weighted by molar-refractivity contribution is 5.97. The van der Waals surface area contributed by atoms with E-state index in [-0.39, 0.29) is 5.91 Å². The molecule has 3 heterocycles. The van der Waals surface area contributed by atoms with Crippen LogP contribution in [0.2, 0.25) is 0 Å². The Morgan fingerprint density at radius 1 is 1.16 bits per heavy atom. The summed E-state index contributed by atoms with van der Waals surface area (Å²) >= 11 is 0. The highest BCUT2D eigenvalue weighted by atomic mass is 16.5. The number of fused-ring (bicyclic) bond motifs is 1. The van der Waals surface area contributed by atoms with Gasteiger partial charge in [-0.3, -0.25) is 4.79 Å². The second kappa shape index (κ2) is 6.39. The van der Waals surface area contributed by atoms with Crippen molar-refractivity contribution in [2.24, 2.45) is 0 Å². The number of ether oxygens (including phenoxy) is 1. The van der Waals surface area contributed by atoms with Crippen LogP contribution in [0.25, 0.3) is 11.0 Å². The van der Waals surface area contributed by atoms with Crippen molar-refractivity contribution >= 4 is 22.9 Å². The highest BCUT2D eigenvalue weighted by Crippen LogP contribution is 2.17. The second-order valence-electron chi connectivity index (χ2n) is 5.81. The molecule has 0 atom stereocenters. The standard InChI is InChI=1S/C17H18N6O2/c1-25-15-4-5-18-17(21-15)23-8-6-22(7-9-23)16(24)12-2-3-13-14(10-12)20-11-19-13/h2-5,10-11H,6-9H2,1H3,(H,19,20). The summed E-state index contributed by atoms with van der Waals surface area (Å²) in [6, 6.07) is 7.25. The lowest BCUT2D eigenvalue weighted by atomic mass is 10.1. The molecular weight excluding hydrogens is 320 g/mol. The molecule has 0 spiro atoms. The summed E-state index contributed by atoms with van der Waals surface area (Å²) in [4.78, 5) is 32.5. The van der Waals surface area contributed by atoms with Gasteiger partial charge in [-0.25, -0.2) is 9.97 Å². The molecule has 8 heteroatoms. The Hall–Kier alpha value is -3.16. The van der Waals surface area contributed by atoms with E-state index in [0.29, 0.717) is 43.6 Å². The van der Waals surface area contributed by atoms with E-state index in [4.69, 9.17) is 4.74 Å². The van der Waals surface area contributed by atoms with Gasteiger partial charge in [0.05, 0.1) is 24.5 Å². The van der Waals surface area contributed by atoms with Gasteiger partial charge in [-0.05, 0) is 18.2 Å². The van der Waals surface area contributed by atoms with Gasteiger partial charge in [-0.1, -0.05) is 0 Å². The van der Waals surface area contributed by atoms with E-state index in [1.807, 2.05) is 23.1 Å². The van der Waals surface area contributed by atoms with Crippen molar-refractivity contribution in [1.82, 2.24) is 24.8 Å². The maximum absolute atomic E-state index is 12.7. The third-order valence-corrected chi connectivity index (χ3v) is 4.34. The van der Waals surface area contributed by atoms with Gasteiger partial charge in [0.1, 0.15) is 0 Å². The maximum atomic E-state index is 12.7. The Labute approximate surface area is 144 Å². The first-order valence-electron chi connectivity index (χ1n) is 8.09. The summed E-state index contributed by atoms with van der Waals surface area (Å²) in [5, 5.41) is 0. The molecule has 0 saturated carbocycles. The van der Waals surface area contributed by atoms with Crippen LogP contribution < -0.4 is 9.64 Å². The molecule has 0 radical (unpaired) electrons. The SMILES string of the molecule is COc1ccnc(N2CCN(C(=O)c3ccc4nc[nH]c4c3)CC2)n1. The lowest BCUT2D eigenvalue weighted by Gasteiger charge is -2.34. The topological polar surface area (TPSA) is 87.2 Å². The van der Waals surface area contributed by atoms with E-state index >= 15 is 0 Å². The molecule has 128 valence electrons. The molecule has 1 fully saturated rings. The molecule has 1 aliphatic heterocycles. The number of H-pyrrole nitrogens is 1. The third kappa shape index (κ3) is 2.98. The van der Waals surface area contributed by atoms with Crippen molar-refractivity contribution in [2.75, 3.05) is 38.2 Å². The number of hydrogen-bond donors (Lipinski definition) is 1. The number of aromatic amines is 1. The number of carbonyl (C=O) groups is 1. The van der Waals surface area contributed by atoms with E-state index < -0.39 is 0 Å². The van der Waals surface area contributed by atoms with Crippen LogP contribution in [0.15, 0.2) is 36.8 Å². The van der Waals surface area contributed by atoms with Crippen molar-refractivity contribution < 1.29 is 9.53 Å². The van der Waals surface area contributed by atoms with Crippen molar-refractivity contribution in [1.29, 1.82) is 0 Å². The molecule has 0 bridgehead atoms. The molecule has 1 aromatic carbocycles. The number of anilines is 1. The number of methoxy groups -OCH3 is 1. The van der Waals surface area contributed by atoms with Crippen molar-refractivity contribution in [3.8, 4) is 5.88 Å². The van der Waals surface area contributed by atoms with E-state index in [2.05, 4.69) is 24.8 Å². The summed E-state index contributed by atoms with van der Waals surface area (Å²) in [6.07, 6.45) is 3.31. The zero-order valence-electron chi connectivity index (χ0n) is 13.8. The molecule has 4 rings (SSSR count). The van der Waals surface area contributed by atoms with E-state index in [9.17, 15) is 4.79 Å². The maximum Gasteiger partial charge on any atom is 0.254 e. The molecule has 25 heavy (non-hydrogen) atoms. The summed E-state index contributed by atoms with van der Waals surface area (Å²) in [5.41, 5.74) is 2.40. The van der Waals surface area contributed by atoms with Gasteiger partial charge in [0.25, 0.3) is 5.91 Å². The summed E-state index contributed by atoms with van der Waals surface area (Å²) < 4.78 is 5.14. The van der Waals surface area contributed by atoms with Crippen molar-refractivity contribution in [3.63, 3.8) is 0 Å². The number of imidazole rings is 1. The fourth-order valence-corrected chi connectivity index (χ4v) is 2.96. The van der Waals surface area contributed by atoms with Crippen LogP contribution in [-0.4, -0.2) is 64.0 Å².